The predicted molar refractivity (Wildman–Crippen MR) is 90.1 cm³/mol. The Kier molecular flexibility index (Phi) is 4.42. The number of carbonyl (C=O) groups is 1. The van der Waals surface area contributed by atoms with E-state index in [0.29, 0.717) is 18.9 Å². The van der Waals surface area contributed by atoms with Crippen molar-refractivity contribution in [3.63, 3.8) is 0 Å². The summed E-state index contributed by atoms with van der Waals surface area (Å²) in [6, 6.07) is 14.1. The lowest BCUT2D eigenvalue weighted by atomic mass is 10.1. The van der Waals surface area contributed by atoms with Gasteiger partial charge in [0.15, 0.2) is 11.5 Å². The standard InChI is InChI=1S/C19H20N2O2/c1-13-4-3-5-15(10-13)7-9-19(22)20-12-16-6-8-17-18(11-16)23-14(2)21-17/h3-6,8,10-11H,7,9,12H2,1-2H3,(H,20,22). The van der Waals surface area contributed by atoms with Crippen LogP contribution in [-0.2, 0) is 17.8 Å². The van der Waals surface area contributed by atoms with Gasteiger partial charge in [-0.05, 0) is 36.6 Å². The normalized spacial score (nSPS) is 10.9. The molecule has 1 aromatic heterocycles. The smallest absolute Gasteiger partial charge is 0.220 e. The monoisotopic (exact) mass is 308 g/mol. The van der Waals surface area contributed by atoms with Crippen molar-refractivity contribution in [3.05, 3.63) is 65.0 Å². The summed E-state index contributed by atoms with van der Waals surface area (Å²) in [5, 5.41) is 2.95. The van der Waals surface area contributed by atoms with E-state index in [-0.39, 0.29) is 5.91 Å². The third-order valence-electron chi connectivity index (χ3n) is 3.77. The molecule has 0 aliphatic rings. The average Bonchev–Trinajstić information content (AvgIpc) is 2.90. The van der Waals surface area contributed by atoms with Gasteiger partial charge in [-0.1, -0.05) is 35.9 Å². The summed E-state index contributed by atoms with van der Waals surface area (Å²) in [4.78, 5) is 16.3. The highest BCUT2D eigenvalue weighted by Crippen LogP contribution is 2.16. The van der Waals surface area contributed by atoms with E-state index in [4.69, 9.17) is 4.42 Å². The molecule has 0 fully saturated rings. The molecule has 0 atom stereocenters. The lowest BCUT2D eigenvalue weighted by Crippen LogP contribution is -2.22. The van der Waals surface area contributed by atoms with Crippen molar-refractivity contribution in [2.45, 2.75) is 33.2 Å². The van der Waals surface area contributed by atoms with Crippen LogP contribution in [0, 0.1) is 13.8 Å². The van der Waals surface area contributed by atoms with Gasteiger partial charge in [-0.25, -0.2) is 4.98 Å². The molecule has 0 saturated carbocycles. The number of rotatable bonds is 5. The van der Waals surface area contributed by atoms with Crippen LogP contribution in [0.4, 0.5) is 0 Å². The summed E-state index contributed by atoms with van der Waals surface area (Å²) in [5.74, 6) is 0.708. The van der Waals surface area contributed by atoms with Crippen LogP contribution in [-0.4, -0.2) is 10.9 Å². The van der Waals surface area contributed by atoms with E-state index in [0.717, 1.165) is 23.1 Å². The number of oxazole rings is 1. The Morgan fingerprint density at radius 2 is 2.00 bits per heavy atom. The molecule has 0 bridgehead atoms. The van der Waals surface area contributed by atoms with Gasteiger partial charge < -0.3 is 9.73 Å². The first-order valence-electron chi connectivity index (χ1n) is 7.78. The quantitative estimate of drug-likeness (QED) is 0.782. The Morgan fingerprint density at radius 3 is 2.83 bits per heavy atom. The first-order valence-corrected chi connectivity index (χ1v) is 7.78. The number of amides is 1. The van der Waals surface area contributed by atoms with Gasteiger partial charge >= 0.3 is 0 Å². The van der Waals surface area contributed by atoms with Gasteiger partial charge in [0.1, 0.15) is 5.52 Å². The van der Waals surface area contributed by atoms with Crippen LogP contribution in [0.2, 0.25) is 0 Å². The number of fused-ring (bicyclic) bond motifs is 1. The fourth-order valence-electron chi connectivity index (χ4n) is 2.61. The number of hydrogen-bond donors (Lipinski definition) is 1. The van der Waals surface area contributed by atoms with Gasteiger partial charge in [-0.3, -0.25) is 4.79 Å². The largest absolute Gasteiger partial charge is 0.441 e. The summed E-state index contributed by atoms with van der Waals surface area (Å²) in [7, 11) is 0. The van der Waals surface area contributed by atoms with Crippen molar-refractivity contribution in [2.24, 2.45) is 0 Å². The van der Waals surface area contributed by atoms with Gasteiger partial charge in [-0.2, -0.15) is 0 Å². The maximum atomic E-state index is 12.0. The fourth-order valence-corrected chi connectivity index (χ4v) is 2.61. The van der Waals surface area contributed by atoms with Crippen molar-refractivity contribution >= 4 is 17.0 Å². The van der Waals surface area contributed by atoms with Crippen LogP contribution in [0.15, 0.2) is 46.9 Å². The molecule has 0 radical (unpaired) electrons. The second kappa shape index (κ2) is 6.65. The number of nitrogens with one attached hydrogen (secondary N) is 1. The molecule has 0 aliphatic heterocycles. The van der Waals surface area contributed by atoms with Crippen LogP contribution < -0.4 is 5.32 Å². The van der Waals surface area contributed by atoms with Crippen LogP contribution in [0.1, 0.15) is 29.0 Å². The van der Waals surface area contributed by atoms with Crippen molar-refractivity contribution in [2.75, 3.05) is 0 Å². The van der Waals surface area contributed by atoms with Crippen LogP contribution in [0.3, 0.4) is 0 Å². The Labute approximate surface area is 135 Å². The Balaban J connectivity index is 1.53. The number of hydrogen-bond acceptors (Lipinski definition) is 3. The van der Waals surface area contributed by atoms with Gasteiger partial charge in [-0.15, -0.1) is 0 Å². The Hall–Kier alpha value is -2.62. The highest BCUT2D eigenvalue weighted by Gasteiger charge is 2.06. The number of carbonyl (C=O) groups excluding carboxylic acids is 1. The zero-order chi connectivity index (χ0) is 16.2. The SMILES string of the molecule is Cc1cccc(CCC(=O)NCc2ccc3nc(C)oc3c2)c1. The third-order valence-corrected chi connectivity index (χ3v) is 3.77. The van der Waals surface area contributed by atoms with Crippen molar-refractivity contribution < 1.29 is 9.21 Å². The average molecular weight is 308 g/mol. The molecule has 2 aromatic carbocycles. The summed E-state index contributed by atoms with van der Waals surface area (Å²) < 4.78 is 5.51. The number of nitrogens with zero attached hydrogens (tertiary/aromatic N) is 1. The number of aromatic nitrogens is 1. The van der Waals surface area contributed by atoms with E-state index in [1.165, 1.54) is 11.1 Å². The highest BCUT2D eigenvalue weighted by atomic mass is 16.3. The summed E-state index contributed by atoms with van der Waals surface area (Å²) >= 11 is 0. The molecule has 3 rings (SSSR count). The van der Waals surface area contributed by atoms with E-state index in [2.05, 4.69) is 35.4 Å². The lowest BCUT2D eigenvalue weighted by Gasteiger charge is -2.06. The molecular formula is C19H20N2O2. The molecule has 0 aliphatic carbocycles. The molecule has 1 amide bonds. The minimum Gasteiger partial charge on any atom is -0.441 e. The Bertz CT molecular complexity index is 836. The molecule has 1 heterocycles. The molecule has 3 aromatic rings. The van der Waals surface area contributed by atoms with Gasteiger partial charge in [0, 0.05) is 19.9 Å². The molecular weight excluding hydrogens is 288 g/mol. The maximum Gasteiger partial charge on any atom is 0.220 e. The second-order valence-corrected chi connectivity index (χ2v) is 5.80. The molecule has 1 N–H and O–H groups in total. The van der Waals surface area contributed by atoms with Gasteiger partial charge in [0.2, 0.25) is 5.91 Å². The van der Waals surface area contributed by atoms with E-state index in [1.807, 2.05) is 31.2 Å². The van der Waals surface area contributed by atoms with Crippen molar-refractivity contribution in [1.29, 1.82) is 0 Å². The zero-order valence-corrected chi connectivity index (χ0v) is 13.4. The van der Waals surface area contributed by atoms with Crippen LogP contribution in [0.25, 0.3) is 11.1 Å². The van der Waals surface area contributed by atoms with Gasteiger partial charge in [0.05, 0.1) is 0 Å². The molecule has 118 valence electrons. The third kappa shape index (κ3) is 3.97. The van der Waals surface area contributed by atoms with Crippen molar-refractivity contribution in [1.82, 2.24) is 10.3 Å². The summed E-state index contributed by atoms with van der Waals surface area (Å²) in [6.45, 7) is 4.39. The molecule has 0 spiro atoms. The lowest BCUT2D eigenvalue weighted by molar-refractivity contribution is -0.121. The van der Waals surface area contributed by atoms with Crippen LogP contribution in [0.5, 0.6) is 0 Å². The summed E-state index contributed by atoms with van der Waals surface area (Å²) in [5.41, 5.74) is 5.03. The molecule has 0 unspecified atom stereocenters. The van der Waals surface area contributed by atoms with E-state index < -0.39 is 0 Å². The van der Waals surface area contributed by atoms with E-state index in [1.54, 1.807) is 0 Å². The number of benzene rings is 2. The van der Waals surface area contributed by atoms with Crippen LogP contribution >= 0.6 is 0 Å². The molecule has 23 heavy (non-hydrogen) atoms. The molecule has 4 heteroatoms. The minimum atomic E-state index is 0.0559. The molecule has 4 nitrogen and oxygen atoms in total. The molecule has 0 saturated heterocycles. The maximum absolute atomic E-state index is 12.0. The topological polar surface area (TPSA) is 55.1 Å². The fraction of sp³-hybridized carbons (Fsp3) is 0.263. The summed E-state index contributed by atoms with van der Waals surface area (Å²) in [6.07, 6.45) is 1.25. The second-order valence-electron chi connectivity index (χ2n) is 5.80. The van der Waals surface area contributed by atoms with Crippen molar-refractivity contribution in [3.8, 4) is 0 Å². The Morgan fingerprint density at radius 1 is 1.13 bits per heavy atom. The minimum absolute atomic E-state index is 0.0559. The number of aryl methyl sites for hydroxylation is 3. The zero-order valence-electron chi connectivity index (χ0n) is 13.4. The highest BCUT2D eigenvalue weighted by molar-refractivity contribution is 5.77. The van der Waals surface area contributed by atoms with E-state index in [9.17, 15) is 4.79 Å². The first kappa shape index (κ1) is 15.3. The van der Waals surface area contributed by atoms with Gasteiger partial charge in [0.25, 0.3) is 0 Å². The van der Waals surface area contributed by atoms with E-state index >= 15 is 0 Å². The predicted octanol–water partition coefficient (Wildman–Crippen LogP) is 3.69. The first-order chi connectivity index (χ1) is 11.1.